The van der Waals surface area contributed by atoms with E-state index >= 15 is 0 Å². The average molecular weight is 298 g/mol. The zero-order chi connectivity index (χ0) is 15.4. The van der Waals surface area contributed by atoms with Crippen LogP contribution in [0.25, 0.3) is 0 Å². The molecule has 1 aliphatic carbocycles. The molecule has 0 aromatic carbocycles. The summed E-state index contributed by atoms with van der Waals surface area (Å²) in [5, 5.41) is 0. The van der Waals surface area contributed by atoms with Gasteiger partial charge in [-0.25, -0.2) is 19.6 Å². The van der Waals surface area contributed by atoms with Gasteiger partial charge in [0.25, 0.3) is 0 Å². The van der Waals surface area contributed by atoms with Crippen molar-refractivity contribution in [3.8, 4) is 0 Å². The molecule has 1 aromatic heterocycles. The van der Waals surface area contributed by atoms with Crippen molar-refractivity contribution in [3.05, 3.63) is 17.7 Å². The highest BCUT2D eigenvalue weighted by molar-refractivity contribution is 5.49. The third kappa shape index (κ3) is 3.81. The predicted octanol–water partition coefficient (Wildman–Crippen LogP) is 3.44. The quantitative estimate of drug-likeness (QED) is 0.624. The lowest BCUT2D eigenvalue weighted by atomic mass is 10.1. The third-order valence-electron chi connectivity index (χ3n) is 4.03. The summed E-state index contributed by atoms with van der Waals surface area (Å²) in [5.74, 6) is 4.47. The molecule has 4 nitrogen and oxygen atoms in total. The summed E-state index contributed by atoms with van der Waals surface area (Å²) in [6, 6.07) is 1.14. The SMILES string of the molecule is CC(C)CCN(c1nc(NN)c(F)cc1F)C1CCCC1. The highest BCUT2D eigenvalue weighted by atomic mass is 19.1. The predicted molar refractivity (Wildman–Crippen MR) is 81.0 cm³/mol. The third-order valence-corrected chi connectivity index (χ3v) is 4.03. The van der Waals surface area contributed by atoms with E-state index in [4.69, 9.17) is 5.84 Å². The number of hydrazine groups is 1. The van der Waals surface area contributed by atoms with Crippen LogP contribution in [0, 0.1) is 17.6 Å². The molecule has 3 N–H and O–H groups in total. The molecular formula is C15H24F2N4. The summed E-state index contributed by atoms with van der Waals surface area (Å²) in [4.78, 5) is 6.04. The van der Waals surface area contributed by atoms with E-state index in [0.717, 1.165) is 44.7 Å². The van der Waals surface area contributed by atoms with Crippen LogP contribution in [0.15, 0.2) is 6.07 Å². The number of nitrogens with zero attached hydrogens (tertiary/aromatic N) is 2. The van der Waals surface area contributed by atoms with Crippen molar-refractivity contribution in [2.45, 2.75) is 52.0 Å². The topological polar surface area (TPSA) is 54.2 Å². The van der Waals surface area contributed by atoms with Crippen LogP contribution < -0.4 is 16.2 Å². The number of pyridine rings is 1. The number of nitrogens with two attached hydrogens (primary N) is 1. The summed E-state index contributed by atoms with van der Waals surface area (Å²) >= 11 is 0. The largest absolute Gasteiger partial charge is 0.351 e. The van der Waals surface area contributed by atoms with Crippen LogP contribution in [-0.2, 0) is 0 Å². The maximum Gasteiger partial charge on any atom is 0.178 e. The molecule has 0 amide bonds. The molecule has 1 saturated carbocycles. The summed E-state index contributed by atoms with van der Waals surface area (Å²) in [6.45, 7) is 4.99. The van der Waals surface area contributed by atoms with Gasteiger partial charge in [0.1, 0.15) is 0 Å². The van der Waals surface area contributed by atoms with Crippen molar-refractivity contribution >= 4 is 11.6 Å². The second kappa shape index (κ2) is 7.02. The molecule has 0 aliphatic heterocycles. The fraction of sp³-hybridized carbons (Fsp3) is 0.667. The van der Waals surface area contributed by atoms with Crippen LogP contribution in [0.5, 0.6) is 0 Å². The Hall–Kier alpha value is -1.43. The lowest BCUT2D eigenvalue weighted by Crippen LogP contribution is -2.36. The molecule has 0 unspecified atom stereocenters. The fourth-order valence-corrected chi connectivity index (χ4v) is 2.83. The normalized spacial score (nSPS) is 15.7. The Kier molecular flexibility index (Phi) is 5.33. The van der Waals surface area contributed by atoms with Gasteiger partial charge in [0.15, 0.2) is 23.3 Å². The van der Waals surface area contributed by atoms with Gasteiger partial charge in [0.2, 0.25) is 0 Å². The number of nitrogen functional groups attached to an aromatic ring is 1. The molecule has 0 saturated heterocycles. The average Bonchev–Trinajstić information content (AvgIpc) is 2.94. The summed E-state index contributed by atoms with van der Waals surface area (Å²) in [7, 11) is 0. The number of aromatic nitrogens is 1. The van der Waals surface area contributed by atoms with E-state index in [0.29, 0.717) is 5.92 Å². The first-order valence-corrected chi connectivity index (χ1v) is 7.62. The van der Waals surface area contributed by atoms with Crippen LogP contribution >= 0.6 is 0 Å². The van der Waals surface area contributed by atoms with Gasteiger partial charge < -0.3 is 10.3 Å². The standard InChI is InChI=1S/C15H24F2N4/c1-10(2)7-8-21(11-5-3-4-6-11)15-13(17)9-12(16)14(19-15)20-18/h9-11H,3-8,18H2,1-2H3,(H,19,20). The molecule has 1 aromatic rings. The molecule has 6 heteroatoms. The zero-order valence-corrected chi connectivity index (χ0v) is 12.7. The van der Waals surface area contributed by atoms with Gasteiger partial charge in [0, 0.05) is 18.7 Å². The smallest absolute Gasteiger partial charge is 0.178 e. The number of rotatable bonds is 6. The minimum absolute atomic E-state index is 0.112. The Labute approximate surface area is 124 Å². The second-order valence-corrected chi connectivity index (χ2v) is 6.08. The lowest BCUT2D eigenvalue weighted by molar-refractivity contribution is 0.507. The van der Waals surface area contributed by atoms with Crippen molar-refractivity contribution in [1.82, 2.24) is 4.98 Å². The zero-order valence-electron chi connectivity index (χ0n) is 12.7. The first-order valence-electron chi connectivity index (χ1n) is 7.62. The second-order valence-electron chi connectivity index (χ2n) is 6.08. The molecule has 1 heterocycles. The number of hydrogen-bond donors (Lipinski definition) is 2. The fourth-order valence-electron chi connectivity index (χ4n) is 2.83. The first-order chi connectivity index (χ1) is 10.0. The Morgan fingerprint density at radius 2 is 2.00 bits per heavy atom. The Balaban J connectivity index is 2.30. The molecule has 0 radical (unpaired) electrons. The van der Waals surface area contributed by atoms with Crippen LogP contribution in [0.2, 0.25) is 0 Å². The summed E-state index contributed by atoms with van der Waals surface area (Å²) in [5.41, 5.74) is 2.19. The van der Waals surface area contributed by atoms with Gasteiger partial charge in [0.05, 0.1) is 0 Å². The van der Waals surface area contributed by atoms with Gasteiger partial charge in [-0.05, 0) is 25.2 Å². The van der Waals surface area contributed by atoms with Gasteiger partial charge in [-0.15, -0.1) is 0 Å². The van der Waals surface area contributed by atoms with E-state index in [1.54, 1.807) is 0 Å². The number of halogens is 2. The molecule has 21 heavy (non-hydrogen) atoms. The van der Waals surface area contributed by atoms with E-state index in [-0.39, 0.29) is 17.7 Å². The molecule has 118 valence electrons. The first kappa shape index (κ1) is 15.9. The van der Waals surface area contributed by atoms with Crippen molar-refractivity contribution in [2.24, 2.45) is 11.8 Å². The molecule has 1 fully saturated rings. The van der Waals surface area contributed by atoms with E-state index in [1.807, 2.05) is 4.90 Å². The molecule has 0 atom stereocenters. The minimum atomic E-state index is -0.769. The van der Waals surface area contributed by atoms with E-state index in [9.17, 15) is 8.78 Å². The number of anilines is 2. The van der Waals surface area contributed by atoms with Crippen molar-refractivity contribution in [1.29, 1.82) is 0 Å². The molecule has 0 bridgehead atoms. The van der Waals surface area contributed by atoms with Crippen LogP contribution in [0.3, 0.4) is 0 Å². The van der Waals surface area contributed by atoms with Gasteiger partial charge in [-0.1, -0.05) is 26.7 Å². The Bertz CT molecular complexity index is 473. The Morgan fingerprint density at radius 3 is 2.57 bits per heavy atom. The van der Waals surface area contributed by atoms with Gasteiger partial charge in [-0.3, -0.25) is 0 Å². The van der Waals surface area contributed by atoms with E-state index in [2.05, 4.69) is 24.3 Å². The van der Waals surface area contributed by atoms with Crippen molar-refractivity contribution in [2.75, 3.05) is 16.9 Å². The highest BCUT2D eigenvalue weighted by Gasteiger charge is 2.27. The molecular weight excluding hydrogens is 274 g/mol. The minimum Gasteiger partial charge on any atom is -0.351 e. The van der Waals surface area contributed by atoms with Crippen molar-refractivity contribution in [3.63, 3.8) is 0 Å². The molecule has 0 spiro atoms. The maximum atomic E-state index is 14.2. The van der Waals surface area contributed by atoms with Crippen LogP contribution in [-0.4, -0.2) is 17.6 Å². The van der Waals surface area contributed by atoms with Crippen LogP contribution in [0.1, 0.15) is 46.0 Å². The highest BCUT2D eigenvalue weighted by Crippen LogP contribution is 2.30. The monoisotopic (exact) mass is 298 g/mol. The summed E-state index contributed by atoms with van der Waals surface area (Å²) in [6.07, 6.45) is 5.30. The van der Waals surface area contributed by atoms with E-state index in [1.165, 1.54) is 0 Å². The van der Waals surface area contributed by atoms with Gasteiger partial charge in [-0.2, -0.15) is 0 Å². The maximum absolute atomic E-state index is 14.2. The van der Waals surface area contributed by atoms with Crippen molar-refractivity contribution < 1.29 is 8.78 Å². The molecule has 2 rings (SSSR count). The number of hydrogen-bond acceptors (Lipinski definition) is 4. The number of nitrogens with one attached hydrogen (secondary N) is 1. The lowest BCUT2D eigenvalue weighted by Gasteiger charge is -2.31. The summed E-state index contributed by atoms with van der Waals surface area (Å²) < 4.78 is 27.7. The van der Waals surface area contributed by atoms with Gasteiger partial charge >= 0.3 is 0 Å². The van der Waals surface area contributed by atoms with Crippen LogP contribution in [0.4, 0.5) is 20.4 Å². The Morgan fingerprint density at radius 1 is 1.33 bits per heavy atom. The molecule has 1 aliphatic rings. The van der Waals surface area contributed by atoms with E-state index < -0.39 is 11.6 Å².